The van der Waals surface area contributed by atoms with Crippen LogP contribution in [-0.4, -0.2) is 35.9 Å². The first-order valence-corrected chi connectivity index (χ1v) is 6.59. The molecule has 2 N–H and O–H groups in total. The molecule has 0 bridgehead atoms. The molecular weight excluding hydrogens is 284 g/mol. The summed E-state index contributed by atoms with van der Waals surface area (Å²) in [5.74, 6) is 1.91. The quantitative estimate of drug-likeness (QED) is 0.793. The number of nitrogens with two attached hydrogens (primary N) is 1. The maximum atomic E-state index is 5.68. The van der Waals surface area contributed by atoms with E-state index in [0.29, 0.717) is 22.9 Å². The summed E-state index contributed by atoms with van der Waals surface area (Å²) in [5, 5.41) is 4.21. The molecule has 22 heavy (non-hydrogen) atoms. The topological polar surface area (TPSA) is 83.9 Å². The highest BCUT2D eigenvalue weighted by Gasteiger charge is 2.16. The predicted molar refractivity (Wildman–Crippen MR) is 82.5 cm³/mol. The Labute approximate surface area is 127 Å². The van der Waals surface area contributed by atoms with E-state index in [1.165, 1.54) is 0 Å². The largest absolute Gasteiger partial charge is 0.493 e. The van der Waals surface area contributed by atoms with Crippen LogP contribution in [0.15, 0.2) is 30.3 Å². The molecule has 0 fully saturated rings. The summed E-state index contributed by atoms with van der Waals surface area (Å²) in [6.07, 6.45) is 0. The molecule has 0 saturated carbocycles. The Hall–Kier alpha value is -2.96. The van der Waals surface area contributed by atoms with Crippen LogP contribution in [0.3, 0.4) is 0 Å². The molecule has 1 aromatic carbocycles. The van der Waals surface area contributed by atoms with Crippen molar-refractivity contribution in [3.63, 3.8) is 0 Å². The summed E-state index contributed by atoms with van der Waals surface area (Å²) in [4.78, 5) is 4.16. The van der Waals surface area contributed by atoms with E-state index in [9.17, 15) is 0 Å². The first kappa shape index (κ1) is 14.0. The van der Waals surface area contributed by atoms with Crippen LogP contribution in [0.2, 0.25) is 0 Å². The summed E-state index contributed by atoms with van der Waals surface area (Å²) in [7, 11) is 4.73. The normalized spacial score (nSPS) is 10.7. The molecule has 7 heteroatoms. The van der Waals surface area contributed by atoms with Gasteiger partial charge >= 0.3 is 0 Å². The van der Waals surface area contributed by atoms with E-state index in [2.05, 4.69) is 10.1 Å². The fraction of sp³-hybridized carbons (Fsp3) is 0.200. The fourth-order valence-electron chi connectivity index (χ4n) is 2.37. The number of anilines is 1. The van der Waals surface area contributed by atoms with Crippen molar-refractivity contribution in [1.29, 1.82) is 0 Å². The average molecular weight is 300 g/mol. The van der Waals surface area contributed by atoms with E-state index in [0.717, 1.165) is 11.3 Å². The van der Waals surface area contributed by atoms with Crippen molar-refractivity contribution in [1.82, 2.24) is 14.6 Å². The van der Waals surface area contributed by atoms with Gasteiger partial charge in [-0.05, 0) is 24.3 Å². The van der Waals surface area contributed by atoms with Crippen molar-refractivity contribution in [3.8, 4) is 28.5 Å². The van der Waals surface area contributed by atoms with Crippen LogP contribution in [0, 0.1) is 0 Å². The Balaban J connectivity index is 2.26. The molecule has 0 aliphatic carbocycles. The standard InChI is InChI=1S/C15H16N4O3/c1-20-11-7-9(8-12(21-2)14(11)22-3)10-5-4-6-13-17-15(16)18-19(10)13/h4-8H,1-3H3,(H2,16,18). The Morgan fingerprint density at radius 2 is 1.68 bits per heavy atom. The number of methoxy groups -OCH3 is 3. The zero-order chi connectivity index (χ0) is 15.7. The van der Waals surface area contributed by atoms with E-state index in [1.54, 1.807) is 25.8 Å². The first-order valence-electron chi connectivity index (χ1n) is 6.59. The third-order valence-electron chi connectivity index (χ3n) is 3.34. The molecule has 0 saturated heterocycles. The van der Waals surface area contributed by atoms with Crippen molar-refractivity contribution < 1.29 is 14.2 Å². The molecule has 3 rings (SSSR count). The van der Waals surface area contributed by atoms with Crippen LogP contribution in [-0.2, 0) is 0 Å². The lowest BCUT2D eigenvalue weighted by molar-refractivity contribution is 0.324. The van der Waals surface area contributed by atoms with Gasteiger partial charge in [0, 0.05) is 5.56 Å². The Kier molecular flexibility index (Phi) is 3.46. The van der Waals surface area contributed by atoms with Gasteiger partial charge in [-0.3, -0.25) is 0 Å². The second-order valence-electron chi connectivity index (χ2n) is 4.57. The summed E-state index contributed by atoms with van der Waals surface area (Å²) in [6.45, 7) is 0. The highest BCUT2D eigenvalue weighted by Crippen LogP contribution is 2.41. The van der Waals surface area contributed by atoms with Gasteiger partial charge in [0.05, 0.1) is 27.0 Å². The summed E-state index contributed by atoms with van der Waals surface area (Å²) in [5.41, 5.74) is 8.03. The zero-order valence-corrected chi connectivity index (χ0v) is 12.5. The van der Waals surface area contributed by atoms with Crippen LogP contribution in [0.5, 0.6) is 17.2 Å². The minimum Gasteiger partial charge on any atom is -0.493 e. The van der Waals surface area contributed by atoms with Crippen molar-refractivity contribution in [2.75, 3.05) is 27.1 Å². The Morgan fingerprint density at radius 3 is 2.27 bits per heavy atom. The number of nitrogens with zero attached hydrogens (tertiary/aromatic N) is 3. The third-order valence-corrected chi connectivity index (χ3v) is 3.34. The van der Waals surface area contributed by atoms with E-state index in [4.69, 9.17) is 19.9 Å². The molecule has 3 aromatic rings. The van der Waals surface area contributed by atoms with Crippen molar-refractivity contribution >= 4 is 11.6 Å². The molecule has 0 aliphatic heterocycles. The second-order valence-corrected chi connectivity index (χ2v) is 4.57. The number of rotatable bonds is 4. The van der Waals surface area contributed by atoms with Gasteiger partial charge in [0.1, 0.15) is 0 Å². The predicted octanol–water partition coefficient (Wildman–Crippen LogP) is 2.00. The van der Waals surface area contributed by atoms with E-state index in [1.807, 2.05) is 30.3 Å². The molecule has 0 spiro atoms. The lowest BCUT2D eigenvalue weighted by Crippen LogP contribution is -1.98. The second kappa shape index (κ2) is 5.44. The molecule has 0 radical (unpaired) electrons. The number of hydrogen-bond acceptors (Lipinski definition) is 6. The molecule has 114 valence electrons. The smallest absolute Gasteiger partial charge is 0.240 e. The van der Waals surface area contributed by atoms with Gasteiger partial charge in [0.15, 0.2) is 17.1 Å². The number of aromatic nitrogens is 3. The fourth-order valence-corrected chi connectivity index (χ4v) is 2.37. The molecule has 2 heterocycles. The van der Waals surface area contributed by atoms with Gasteiger partial charge in [-0.1, -0.05) is 6.07 Å². The average Bonchev–Trinajstić information content (AvgIpc) is 2.93. The molecule has 0 amide bonds. The summed E-state index contributed by atoms with van der Waals surface area (Å²) < 4.78 is 17.8. The molecule has 0 unspecified atom stereocenters. The Morgan fingerprint density at radius 1 is 1.00 bits per heavy atom. The van der Waals surface area contributed by atoms with Gasteiger partial charge in [0.25, 0.3) is 0 Å². The lowest BCUT2D eigenvalue weighted by Gasteiger charge is -2.14. The molecule has 2 aromatic heterocycles. The van der Waals surface area contributed by atoms with Gasteiger partial charge in [-0.15, -0.1) is 5.10 Å². The minimum atomic E-state index is 0.222. The van der Waals surface area contributed by atoms with Gasteiger partial charge in [-0.2, -0.15) is 4.98 Å². The third kappa shape index (κ3) is 2.16. The number of benzene rings is 1. The molecular formula is C15H16N4O3. The van der Waals surface area contributed by atoms with Crippen LogP contribution < -0.4 is 19.9 Å². The highest BCUT2D eigenvalue weighted by atomic mass is 16.5. The number of nitrogen functional groups attached to an aromatic ring is 1. The van der Waals surface area contributed by atoms with E-state index in [-0.39, 0.29) is 5.95 Å². The van der Waals surface area contributed by atoms with Crippen molar-refractivity contribution in [3.05, 3.63) is 30.3 Å². The van der Waals surface area contributed by atoms with Crippen molar-refractivity contribution in [2.24, 2.45) is 0 Å². The van der Waals surface area contributed by atoms with Crippen LogP contribution in [0.1, 0.15) is 0 Å². The molecule has 0 aliphatic rings. The van der Waals surface area contributed by atoms with Crippen LogP contribution >= 0.6 is 0 Å². The number of pyridine rings is 1. The molecule has 0 atom stereocenters. The van der Waals surface area contributed by atoms with E-state index >= 15 is 0 Å². The summed E-state index contributed by atoms with van der Waals surface area (Å²) >= 11 is 0. The van der Waals surface area contributed by atoms with Gasteiger partial charge < -0.3 is 19.9 Å². The van der Waals surface area contributed by atoms with Crippen LogP contribution in [0.4, 0.5) is 5.95 Å². The monoisotopic (exact) mass is 300 g/mol. The van der Waals surface area contributed by atoms with E-state index < -0.39 is 0 Å². The zero-order valence-electron chi connectivity index (χ0n) is 12.5. The van der Waals surface area contributed by atoms with Gasteiger partial charge in [0.2, 0.25) is 11.7 Å². The Bertz CT molecular complexity index is 804. The maximum Gasteiger partial charge on any atom is 0.240 e. The number of ether oxygens (including phenoxy) is 3. The SMILES string of the molecule is COc1cc(-c2cccc3nc(N)nn23)cc(OC)c1OC. The lowest BCUT2D eigenvalue weighted by atomic mass is 10.1. The van der Waals surface area contributed by atoms with Gasteiger partial charge in [-0.25, -0.2) is 4.52 Å². The number of hydrogen-bond donors (Lipinski definition) is 1. The highest BCUT2D eigenvalue weighted by molar-refractivity contribution is 5.70. The number of fused-ring (bicyclic) bond motifs is 1. The first-order chi connectivity index (χ1) is 10.7. The van der Waals surface area contributed by atoms with Crippen LogP contribution in [0.25, 0.3) is 16.9 Å². The van der Waals surface area contributed by atoms with Crippen molar-refractivity contribution in [2.45, 2.75) is 0 Å². The summed E-state index contributed by atoms with van der Waals surface area (Å²) in [6, 6.07) is 9.36. The minimum absolute atomic E-state index is 0.222. The molecule has 7 nitrogen and oxygen atoms in total. The maximum absolute atomic E-state index is 5.68.